The quantitative estimate of drug-likeness (QED) is 0.397. The molecule has 0 bridgehead atoms. The van der Waals surface area contributed by atoms with Gasteiger partial charge < -0.3 is 15.5 Å². The maximum Gasteiger partial charge on any atom is 0.191 e. The highest BCUT2D eigenvalue weighted by Gasteiger charge is 2.20. The fourth-order valence-electron chi connectivity index (χ4n) is 2.77. The van der Waals surface area contributed by atoms with Crippen LogP contribution in [0.3, 0.4) is 0 Å². The third kappa shape index (κ3) is 7.27. The second-order valence-electron chi connectivity index (χ2n) is 5.80. The number of rotatable bonds is 6. The molecule has 23 heavy (non-hydrogen) atoms. The average Bonchev–Trinajstić information content (AvgIpc) is 2.90. The van der Waals surface area contributed by atoms with E-state index < -0.39 is 0 Å². The van der Waals surface area contributed by atoms with Crippen molar-refractivity contribution in [3.05, 3.63) is 34.9 Å². The van der Waals surface area contributed by atoms with Gasteiger partial charge in [0.05, 0.1) is 6.54 Å². The van der Waals surface area contributed by atoms with E-state index in [2.05, 4.69) is 35.6 Å². The summed E-state index contributed by atoms with van der Waals surface area (Å²) in [4.78, 5) is 7.12. The third-order valence-electron chi connectivity index (χ3n) is 4.07. The fraction of sp³-hybridized carbons (Fsp3) is 0.588. The smallest absolute Gasteiger partial charge is 0.191 e. The molecule has 1 saturated heterocycles. The van der Waals surface area contributed by atoms with Crippen LogP contribution in [0.15, 0.2) is 29.3 Å². The maximum absolute atomic E-state index is 6.01. The van der Waals surface area contributed by atoms with Crippen LogP contribution in [0.25, 0.3) is 0 Å². The zero-order valence-corrected chi connectivity index (χ0v) is 17.1. The summed E-state index contributed by atoms with van der Waals surface area (Å²) in [5.74, 6) is 0.907. The van der Waals surface area contributed by atoms with E-state index in [1.165, 1.54) is 24.9 Å². The number of hydrogen-bond acceptors (Lipinski definition) is 2. The molecule has 0 aromatic heterocycles. The molecule has 1 atom stereocenters. The summed E-state index contributed by atoms with van der Waals surface area (Å²) in [6, 6.07) is 8.60. The number of benzene rings is 1. The molecule has 1 aromatic rings. The molecule has 1 aliphatic rings. The van der Waals surface area contributed by atoms with Crippen LogP contribution < -0.4 is 10.6 Å². The van der Waals surface area contributed by atoms with E-state index in [0.29, 0.717) is 6.04 Å². The monoisotopic (exact) mass is 450 g/mol. The lowest BCUT2D eigenvalue weighted by molar-refractivity contribution is 0.317. The number of halogens is 2. The van der Waals surface area contributed by atoms with Crippen molar-refractivity contribution in [2.24, 2.45) is 4.99 Å². The highest BCUT2D eigenvalue weighted by Crippen LogP contribution is 2.14. The highest BCUT2D eigenvalue weighted by atomic mass is 127. The molecule has 1 unspecified atom stereocenters. The number of nitrogens with zero attached hydrogens (tertiary/aromatic N) is 2. The molecule has 0 saturated carbocycles. The van der Waals surface area contributed by atoms with Crippen molar-refractivity contribution in [1.29, 1.82) is 0 Å². The van der Waals surface area contributed by atoms with Crippen molar-refractivity contribution >= 4 is 41.5 Å². The van der Waals surface area contributed by atoms with Crippen LogP contribution in [0.4, 0.5) is 0 Å². The molecule has 1 heterocycles. The van der Waals surface area contributed by atoms with Crippen LogP contribution in [-0.4, -0.2) is 50.1 Å². The summed E-state index contributed by atoms with van der Waals surface area (Å²) < 4.78 is 0. The number of likely N-dealkylation sites (tertiary alicyclic amines) is 1. The fourth-order valence-corrected chi connectivity index (χ4v) is 2.98. The zero-order chi connectivity index (χ0) is 15.8. The molecule has 130 valence electrons. The van der Waals surface area contributed by atoms with Gasteiger partial charge in [0, 0.05) is 24.2 Å². The van der Waals surface area contributed by atoms with E-state index in [4.69, 9.17) is 16.6 Å². The van der Waals surface area contributed by atoms with Crippen molar-refractivity contribution in [2.75, 3.05) is 33.2 Å². The van der Waals surface area contributed by atoms with Gasteiger partial charge in [0.15, 0.2) is 5.96 Å². The summed E-state index contributed by atoms with van der Waals surface area (Å²) in [6.45, 7) is 5.88. The largest absolute Gasteiger partial charge is 0.357 e. The van der Waals surface area contributed by atoms with Crippen molar-refractivity contribution in [1.82, 2.24) is 15.5 Å². The van der Waals surface area contributed by atoms with Gasteiger partial charge in [-0.15, -0.1) is 24.0 Å². The summed E-state index contributed by atoms with van der Waals surface area (Å²) in [6.07, 6.45) is 3.48. The summed E-state index contributed by atoms with van der Waals surface area (Å²) in [5, 5.41) is 7.51. The highest BCUT2D eigenvalue weighted by molar-refractivity contribution is 14.0. The number of likely N-dealkylation sites (N-methyl/N-ethyl adjacent to an activating group) is 1. The molecule has 0 radical (unpaired) electrons. The number of nitrogens with one attached hydrogen (secondary N) is 2. The van der Waals surface area contributed by atoms with Crippen molar-refractivity contribution in [2.45, 2.75) is 32.2 Å². The Balaban J connectivity index is 0.00000264. The lowest BCUT2D eigenvalue weighted by atomic mass is 10.1. The second kappa shape index (κ2) is 11.1. The van der Waals surface area contributed by atoms with Crippen LogP contribution in [0.5, 0.6) is 0 Å². The van der Waals surface area contributed by atoms with Crippen LogP contribution >= 0.6 is 35.6 Å². The van der Waals surface area contributed by atoms with Crippen LogP contribution in [0.2, 0.25) is 5.02 Å². The van der Waals surface area contributed by atoms with Crippen LogP contribution in [0, 0.1) is 0 Å². The molecule has 2 rings (SSSR count). The molecule has 2 N–H and O–H groups in total. The number of aliphatic imine (C=N–C) groups is 1. The first kappa shape index (κ1) is 20.5. The first-order valence-electron chi connectivity index (χ1n) is 8.16. The normalized spacial score (nSPS) is 18.6. The maximum atomic E-state index is 6.01. The molecule has 1 aliphatic heterocycles. The number of hydrogen-bond donors (Lipinski definition) is 2. The minimum atomic E-state index is 0. The first-order valence-corrected chi connectivity index (χ1v) is 8.53. The lowest BCUT2D eigenvalue weighted by Gasteiger charge is -2.18. The summed E-state index contributed by atoms with van der Waals surface area (Å²) in [5.41, 5.74) is 1.24. The first-order chi connectivity index (χ1) is 10.7. The lowest BCUT2D eigenvalue weighted by Crippen LogP contribution is -2.39. The Morgan fingerprint density at radius 1 is 1.39 bits per heavy atom. The van der Waals surface area contributed by atoms with E-state index in [9.17, 15) is 0 Å². The van der Waals surface area contributed by atoms with Gasteiger partial charge in [-0.1, -0.05) is 23.7 Å². The van der Waals surface area contributed by atoms with E-state index in [-0.39, 0.29) is 24.0 Å². The second-order valence-corrected chi connectivity index (χ2v) is 6.24. The summed E-state index contributed by atoms with van der Waals surface area (Å²) >= 11 is 6.01. The average molecular weight is 451 g/mol. The molecule has 0 spiro atoms. The van der Waals surface area contributed by atoms with Gasteiger partial charge in [-0.05, 0) is 57.5 Å². The van der Waals surface area contributed by atoms with E-state index in [1.54, 1.807) is 0 Å². The number of guanidine groups is 1. The molecule has 1 fully saturated rings. The van der Waals surface area contributed by atoms with Crippen LogP contribution in [-0.2, 0) is 6.42 Å². The Kier molecular flexibility index (Phi) is 9.90. The van der Waals surface area contributed by atoms with Crippen LogP contribution in [0.1, 0.15) is 25.3 Å². The topological polar surface area (TPSA) is 39.7 Å². The predicted molar refractivity (Wildman–Crippen MR) is 110 cm³/mol. The van der Waals surface area contributed by atoms with Gasteiger partial charge in [-0.25, -0.2) is 0 Å². The Labute approximate surface area is 162 Å². The standard InChI is InChI=1S/C17H27ClN4.HI/c1-3-19-17(21-13-16-8-5-11-22(16)2)20-10-9-14-6-4-7-15(18)12-14;/h4,6-7,12,16H,3,5,8-11,13H2,1-2H3,(H2,19,20,21);1H. The molecular weight excluding hydrogens is 423 g/mol. The zero-order valence-electron chi connectivity index (χ0n) is 14.0. The molecule has 1 aromatic carbocycles. The van der Waals surface area contributed by atoms with E-state index >= 15 is 0 Å². The van der Waals surface area contributed by atoms with Crippen molar-refractivity contribution < 1.29 is 0 Å². The molecule has 6 heteroatoms. The molecule has 0 aliphatic carbocycles. The summed E-state index contributed by atoms with van der Waals surface area (Å²) in [7, 11) is 2.19. The minimum absolute atomic E-state index is 0. The third-order valence-corrected chi connectivity index (χ3v) is 4.31. The Morgan fingerprint density at radius 3 is 2.87 bits per heavy atom. The SMILES string of the molecule is CCNC(=NCC1CCCN1C)NCCc1cccc(Cl)c1.I. The van der Waals surface area contributed by atoms with Crippen molar-refractivity contribution in [3.63, 3.8) is 0 Å². The van der Waals surface area contributed by atoms with Gasteiger partial charge in [0.2, 0.25) is 0 Å². The minimum Gasteiger partial charge on any atom is -0.357 e. The van der Waals surface area contributed by atoms with Gasteiger partial charge in [-0.2, -0.15) is 0 Å². The van der Waals surface area contributed by atoms with E-state index in [0.717, 1.165) is 37.0 Å². The van der Waals surface area contributed by atoms with Gasteiger partial charge in [0.25, 0.3) is 0 Å². The van der Waals surface area contributed by atoms with Crippen molar-refractivity contribution in [3.8, 4) is 0 Å². The molecule has 0 amide bonds. The van der Waals surface area contributed by atoms with Gasteiger partial charge >= 0.3 is 0 Å². The Bertz CT molecular complexity index is 495. The van der Waals surface area contributed by atoms with Gasteiger partial charge in [0.1, 0.15) is 0 Å². The Morgan fingerprint density at radius 2 is 2.22 bits per heavy atom. The Hall–Kier alpha value is -0.530. The van der Waals surface area contributed by atoms with E-state index in [1.807, 2.05) is 18.2 Å². The van der Waals surface area contributed by atoms with Gasteiger partial charge in [-0.3, -0.25) is 4.99 Å². The predicted octanol–water partition coefficient (Wildman–Crippen LogP) is 3.15. The molecule has 4 nitrogen and oxygen atoms in total. The molecular formula is C17H28ClIN4.